The van der Waals surface area contributed by atoms with Crippen molar-refractivity contribution in [1.29, 1.82) is 0 Å². The number of carbonyl (C=O) groups excluding carboxylic acids is 1. The van der Waals surface area contributed by atoms with Gasteiger partial charge in [0.25, 0.3) is 0 Å². The first-order valence-corrected chi connectivity index (χ1v) is 8.08. The first kappa shape index (κ1) is 15.4. The first-order chi connectivity index (χ1) is 11.2. The Morgan fingerprint density at radius 3 is 2.87 bits per heavy atom. The summed E-state index contributed by atoms with van der Waals surface area (Å²) in [6.07, 6.45) is 7.74. The molecule has 6 heteroatoms. The number of nitrogens with two attached hydrogens (primary N) is 1. The number of unbranched alkanes of at least 4 members (excludes halogenated alkanes) is 2. The highest BCUT2D eigenvalue weighted by molar-refractivity contribution is 5.99. The van der Waals surface area contributed by atoms with Gasteiger partial charge in [0.1, 0.15) is 16.9 Å². The molecule has 0 saturated carbocycles. The molecule has 0 spiro atoms. The molecule has 1 amide bonds. The molecule has 23 heavy (non-hydrogen) atoms. The van der Waals surface area contributed by atoms with E-state index >= 15 is 0 Å². The molecule has 0 unspecified atom stereocenters. The van der Waals surface area contributed by atoms with Crippen molar-refractivity contribution in [2.75, 3.05) is 0 Å². The van der Waals surface area contributed by atoms with Gasteiger partial charge in [0, 0.05) is 25.6 Å². The lowest BCUT2D eigenvalue weighted by atomic mass is 10.2. The molecular formula is C17H21N5O. The lowest BCUT2D eigenvalue weighted by molar-refractivity contribution is -0.118. The smallest absolute Gasteiger partial charge is 0.217 e. The van der Waals surface area contributed by atoms with Gasteiger partial charge in [0.2, 0.25) is 5.91 Å². The number of carbonyl (C=O) groups is 1. The molecule has 0 aliphatic rings. The quantitative estimate of drug-likeness (QED) is 0.679. The third kappa shape index (κ3) is 3.16. The molecule has 0 bridgehead atoms. The van der Waals surface area contributed by atoms with E-state index in [4.69, 9.17) is 10.7 Å². The Balaban J connectivity index is 1.91. The molecule has 0 aliphatic carbocycles. The van der Waals surface area contributed by atoms with Crippen molar-refractivity contribution < 1.29 is 4.79 Å². The van der Waals surface area contributed by atoms with Crippen LogP contribution < -0.4 is 5.73 Å². The van der Waals surface area contributed by atoms with Crippen molar-refractivity contribution in [3.63, 3.8) is 0 Å². The molecule has 3 heterocycles. The molecule has 120 valence electrons. The summed E-state index contributed by atoms with van der Waals surface area (Å²) < 4.78 is 2.25. The van der Waals surface area contributed by atoms with Gasteiger partial charge in [-0.25, -0.2) is 4.98 Å². The molecule has 0 atom stereocenters. The van der Waals surface area contributed by atoms with Crippen molar-refractivity contribution in [2.45, 2.75) is 45.6 Å². The summed E-state index contributed by atoms with van der Waals surface area (Å²) in [5, 5.41) is 0. The molecule has 6 nitrogen and oxygen atoms in total. The number of aryl methyl sites for hydroxylation is 2. The van der Waals surface area contributed by atoms with Gasteiger partial charge >= 0.3 is 0 Å². The second kappa shape index (κ2) is 6.73. The maximum absolute atomic E-state index is 10.8. The van der Waals surface area contributed by atoms with Gasteiger partial charge in [-0.05, 0) is 25.0 Å². The maximum Gasteiger partial charge on any atom is 0.217 e. The first-order valence-electron chi connectivity index (χ1n) is 8.08. The standard InChI is InChI=1S/C17H21N5O/c1-2-15-21-13-11-20-12-7-6-9-19-16(12)17(13)22(15)10-5-3-4-8-14(18)23/h6-7,9,11H,2-5,8,10H2,1H3,(H2,18,23). The van der Waals surface area contributed by atoms with Gasteiger partial charge in [0.15, 0.2) is 0 Å². The van der Waals surface area contributed by atoms with Gasteiger partial charge < -0.3 is 10.3 Å². The van der Waals surface area contributed by atoms with Crippen molar-refractivity contribution in [3.05, 3.63) is 30.4 Å². The van der Waals surface area contributed by atoms with Gasteiger partial charge in [0.05, 0.1) is 17.2 Å². The van der Waals surface area contributed by atoms with Crippen LogP contribution in [0.25, 0.3) is 22.1 Å². The molecule has 0 radical (unpaired) electrons. The Morgan fingerprint density at radius 1 is 1.22 bits per heavy atom. The highest BCUT2D eigenvalue weighted by atomic mass is 16.1. The zero-order chi connectivity index (χ0) is 16.2. The second-order valence-electron chi connectivity index (χ2n) is 5.67. The van der Waals surface area contributed by atoms with E-state index < -0.39 is 0 Å². The average Bonchev–Trinajstić information content (AvgIpc) is 2.92. The lowest BCUT2D eigenvalue weighted by Gasteiger charge is -2.09. The highest BCUT2D eigenvalue weighted by Gasteiger charge is 2.13. The fourth-order valence-electron chi connectivity index (χ4n) is 2.93. The minimum absolute atomic E-state index is 0.228. The summed E-state index contributed by atoms with van der Waals surface area (Å²) in [7, 11) is 0. The second-order valence-corrected chi connectivity index (χ2v) is 5.67. The predicted octanol–water partition coefficient (Wildman–Crippen LogP) is 2.59. The summed E-state index contributed by atoms with van der Waals surface area (Å²) in [4.78, 5) is 24.4. The van der Waals surface area contributed by atoms with E-state index in [0.717, 1.165) is 60.1 Å². The number of primary amides is 1. The fourth-order valence-corrected chi connectivity index (χ4v) is 2.93. The Bertz CT molecular complexity index is 839. The number of pyridine rings is 2. The zero-order valence-electron chi connectivity index (χ0n) is 13.3. The number of hydrogen-bond donors (Lipinski definition) is 1. The number of nitrogens with zero attached hydrogens (tertiary/aromatic N) is 4. The Morgan fingerprint density at radius 2 is 2.09 bits per heavy atom. The lowest BCUT2D eigenvalue weighted by Crippen LogP contribution is -2.10. The van der Waals surface area contributed by atoms with Crippen molar-refractivity contribution in [2.24, 2.45) is 5.73 Å². The number of fused-ring (bicyclic) bond motifs is 3. The molecule has 0 aromatic carbocycles. The van der Waals surface area contributed by atoms with Crippen LogP contribution in [0.5, 0.6) is 0 Å². The molecule has 2 N–H and O–H groups in total. The third-order valence-corrected chi connectivity index (χ3v) is 4.03. The largest absolute Gasteiger partial charge is 0.370 e. The number of aromatic nitrogens is 4. The molecule has 3 aromatic heterocycles. The molecule has 3 aromatic rings. The monoisotopic (exact) mass is 311 g/mol. The summed E-state index contributed by atoms with van der Waals surface area (Å²) in [5.74, 6) is 0.823. The van der Waals surface area contributed by atoms with Crippen LogP contribution in [0.3, 0.4) is 0 Å². The van der Waals surface area contributed by atoms with Crippen LogP contribution in [0.15, 0.2) is 24.5 Å². The molecule has 0 fully saturated rings. The zero-order valence-corrected chi connectivity index (χ0v) is 13.3. The van der Waals surface area contributed by atoms with E-state index in [0.29, 0.717) is 6.42 Å². The van der Waals surface area contributed by atoms with Crippen LogP contribution >= 0.6 is 0 Å². The minimum Gasteiger partial charge on any atom is -0.370 e. The Labute approximate surface area is 134 Å². The van der Waals surface area contributed by atoms with E-state index in [1.165, 1.54) is 0 Å². The van der Waals surface area contributed by atoms with Crippen LogP contribution in [0.1, 0.15) is 38.4 Å². The molecular weight excluding hydrogens is 290 g/mol. The SMILES string of the molecule is CCc1nc2cnc3cccnc3c2n1CCCCCC(N)=O. The highest BCUT2D eigenvalue weighted by Crippen LogP contribution is 2.24. The van der Waals surface area contributed by atoms with Crippen molar-refractivity contribution >= 4 is 28.0 Å². The van der Waals surface area contributed by atoms with Gasteiger partial charge in [-0.15, -0.1) is 0 Å². The van der Waals surface area contributed by atoms with E-state index in [9.17, 15) is 4.79 Å². The minimum atomic E-state index is -0.228. The summed E-state index contributed by atoms with van der Waals surface area (Å²) in [6, 6.07) is 3.87. The fraction of sp³-hybridized carbons (Fsp3) is 0.412. The number of imidazole rings is 1. The average molecular weight is 311 g/mol. The molecule has 3 rings (SSSR count). The normalized spacial score (nSPS) is 11.3. The number of hydrogen-bond acceptors (Lipinski definition) is 4. The van der Waals surface area contributed by atoms with Gasteiger partial charge in [-0.2, -0.15) is 0 Å². The topological polar surface area (TPSA) is 86.7 Å². The van der Waals surface area contributed by atoms with Crippen LogP contribution in [0.2, 0.25) is 0 Å². The van der Waals surface area contributed by atoms with Crippen LogP contribution in [0.4, 0.5) is 0 Å². The van der Waals surface area contributed by atoms with Gasteiger partial charge in [-0.1, -0.05) is 13.3 Å². The summed E-state index contributed by atoms with van der Waals surface area (Å²) >= 11 is 0. The Hall–Kier alpha value is -2.50. The number of rotatable bonds is 7. The van der Waals surface area contributed by atoms with Crippen LogP contribution in [0, 0.1) is 0 Å². The molecule has 0 aliphatic heterocycles. The van der Waals surface area contributed by atoms with E-state index in [1.807, 2.05) is 18.3 Å². The summed E-state index contributed by atoms with van der Waals surface area (Å²) in [6.45, 7) is 2.97. The summed E-state index contributed by atoms with van der Waals surface area (Å²) in [5.41, 5.74) is 8.92. The predicted molar refractivity (Wildman–Crippen MR) is 89.9 cm³/mol. The number of amides is 1. The van der Waals surface area contributed by atoms with Crippen LogP contribution in [-0.2, 0) is 17.8 Å². The molecule has 0 saturated heterocycles. The third-order valence-electron chi connectivity index (χ3n) is 4.03. The van der Waals surface area contributed by atoms with Crippen LogP contribution in [-0.4, -0.2) is 25.4 Å². The van der Waals surface area contributed by atoms with Gasteiger partial charge in [-0.3, -0.25) is 14.8 Å². The van der Waals surface area contributed by atoms with E-state index in [-0.39, 0.29) is 5.91 Å². The maximum atomic E-state index is 10.8. The van der Waals surface area contributed by atoms with Crippen molar-refractivity contribution in [3.8, 4) is 0 Å². The van der Waals surface area contributed by atoms with Crippen molar-refractivity contribution in [1.82, 2.24) is 19.5 Å². The van der Waals surface area contributed by atoms with E-state index in [1.54, 1.807) is 6.20 Å². The Kier molecular flexibility index (Phi) is 4.50. The van der Waals surface area contributed by atoms with E-state index in [2.05, 4.69) is 21.5 Å².